The molecule has 0 unspecified atom stereocenters. The molecule has 0 heterocycles. The van der Waals surface area contributed by atoms with E-state index in [9.17, 15) is 14.9 Å². The number of aryl methyl sites for hydroxylation is 1. The summed E-state index contributed by atoms with van der Waals surface area (Å²) in [6, 6.07) is 4.53. The summed E-state index contributed by atoms with van der Waals surface area (Å²) in [5.74, 6) is -0.916. The van der Waals surface area contributed by atoms with E-state index >= 15 is 0 Å². The van der Waals surface area contributed by atoms with E-state index in [4.69, 9.17) is 5.11 Å². The first-order valence-electron chi connectivity index (χ1n) is 5.21. The van der Waals surface area contributed by atoms with E-state index in [1.54, 1.807) is 19.9 Å². The number of aliphatic carboxylic acids is 1. The third-order valence-corrected chi connectivity index (χ3v) is 2.75. The molecule has 5 heteroatoms. The van der Waals surface area contributed by atoms with E-state index < -0.39 is 16.3 Å². The minimum atomic E-state index is -0.916. The molecular weight excluding hydrogens is 222 g/mol. The average Bonchev–Trinajstić information content (AvgIpc) is 2.15. The quantitative estimate of drug-likeness (QED) is 0.644. The minimum absolute atomic E-state index is 0.0101. The Morgan fingerprint density at radius 2 is 2.06 bits per heavy atom. The molecule has 0 aliphatic rings. The molecule has 92 valence electrons. The van der Waals surface area contributed by atoms with Crippen LogP contribution < -0.4 is 0 Å². The molecule has 0 bridgehead atoms. The van der Waals surface area contributed by atoms with Crippen molar-refractivity contribution in [2.75, 3.05) is 0 Å². The number of nitro groups is 1. The minimum Gasteiger partial charge on any atom is -0.481 e. The number of carboxylic acids is 1. The molecular formula is C12H15NO4. The van der Waals surface area contributed by atoms with Gasteiger partial charge in [0.25, 0.3) is 5.69 Å². The predicted octanol–water partition coefficient (Wildman–Crippen LogP) is 2.66. The molecule has 0 saturated heterocycles. The summed E-state index contributed by atoms with van der Waals surface area (Å²) < 4.78 is 0. The van der Waals surface area contributed by atoms with Gasteiger partial charge in [-0.05, 0) is 18.1 Å². The van der Waals surface area contributed by atoms with Crippen LogP contribution in [0.1, 0.15) is 31.4 Å². The molecule has 1 N–H and O–H groups in total. The predicted molar refractivity (Wildman–Crippen MR) is 63.1 cm³/mol. The van der Waals surface area contributed by atoms with Gasteiger partial charge >= 0.3 is 5.97 Å². The molecule has 1 rings (SSSR count). The van der Waals surface area contributed by atoms with Gasteiger partial charge in [0.2, 0.25) is 0 Å². The van der Waals surface area contributed by atoms with Crippen LogP contribution in [0.5, 0.6) is 0 Å². The molecule has 0 amide bonds. The molecule has 1 aromatic rings. The molecule has 5 nitrogen and oxygen atoms in total. The number of hydrogen-bond donors (Lipinski definition) is 1. The highest BCUT2D eigenvalue weighted by molar-refractivity contribution is 5.69. The van der Waals surface area contributed by atoms with Crippen molar-refractivity contribution in [2.24, 2.45) is 0 Å². The Morgan fingerprint density at radius 3 is 2.53 bits per heavy atom. The van der Waals surface area contributed by atoms with Crippen molar-refractivity contribution < 1.29 is 14.8 Å². The van der Waals surface area contributed by atoms with Crippen molar-refractivity contribution in [3.05, 3.63) is 39.4 Å². The van der Waals surface area contributed by atoms with Gasteiger partial charge in [-0.2, -0.15) is 0 Å². The fourth-order valence-corrected chi connectivity index (χ4v) is 1.93. The summed E-state index contributed by atoms with van der Waals surface area (Å²) in [7, 11) is 0. The Hall–Kier alpha value is -1.91. The van der Waals surface area contributed by atoms with Crippen molar-refractivity contribution >= 4 is 11.7 Å². The molecule has 0 atom stereocenters. The second-order valence-corrected chi connectivity index (χ2v) is 4.71. The highest BCUT2D eigenvalue weighted by atomic mass is 16.6. The van der Waals surface area contributed by atoms with Crippen LogP contribution in [0.15, 0.2) is 18.2 Å². The highest BCUT2D eigenvalue weighted by Crippen LogP contribution is 2.32. The zero-order valence-corrected chi connectivity index (χ0v) is 10.1. The summed E-state index contributed by atoms with van der Waals surface area (Å²) in [6.07, 6.45) is -0.0605. The van der Waals surface area contributed by atoms with Gasteiger partial charge in [-0.25, -0.2) is 0 Å². The molecule has 1 aromatic carbocycles. The van der Waals surface area contributed by atoms with Crippen LogP contribution in [-0.4, -0.2) is 16.0 Å². The van der Waals surface area contributed by atoms with E-state index in [-0.39, 0.29) is 12.1 Å². The summed E-state index contributed by atoms with van der Waals surface area (Å²) >= 11 is 0. The first-order chi connectivity index (χ1) is 7.74. The summed E-state index contributed by atoms with van der Waals surface area (Å²) in [5.41, 5.74) is 0.932. The van der Waals surface area contributed by atoms with Crippen molar-refractivity contribution in [3.8, 4) is 0 Å². The van der Waals surface area contributed by atoms with E-state index in [0.717, 1.165) is 5.56 Å². The zero-order chi connectivity index (χ0) is 13.2. The Labute approximate surface area is 99.2 Å². The summed E-state index contributed by atoms with van der Waals surface area (Å²) in [4.78, 5) is 21.0. The number of benzene rings is 1. The van der Waals surface area contributed by atoms with Crippen LogP contribution in [-0.2, 0) is 10.2 Å². The van der Waals surface area contributed by atoms with Crippen LogP contribution >= 0.6 is 0 Å². The molecule has 0 fully saturated rings. The third kappa shape index (κ3) is 3.03. The number of rotatable bonds is 4. The zero-order valence-electron chi connectivity index (χ0n) is 10.1. The molecule has 0 radical (unpaired) electrons. The first-order valence-corrected chi connectivity index (χ1v) is 5.21. The Kier molecular flexibility index (Phi) is 3.50. The lowest BCUT2D eigenvalue weighted by atomic mass is 9.79. The second kappa shape index (κ2) is 4.53. The van der Waals surface area contributed by atoms with Crippen molar-refractivity contribution in [1.82, 2.24) is 0 Å². The van der Waals surface area contributed by atoms with Gasteiger partial charge < -0.3 is 5.11 Å². The van der Waals surface area contributed by atoms with Crippen LogP contribution in [0.3, 0.4) is 0 Å². The second-order valence-electron chi connectivity index (χ2n) is 4.71. The largest absolute Gasteiger partial charge is 0.481 e. The summed E-state index contributed by atoms with van der Waals surface area (Å²) in [6.45, 7) is 5.36. The third-order valence-electron chi connectivity index (χ3n) is 2.75. The molecule has 17 heavy (non-hydrogen) atoms. The van der Waals surface area contributed by atoms with Gasteiger partial charge in [0, 0.05) is 17.5 Å². The number of nitro benzene ring substituents is 1. The van der Waals surface area contributed by atoms with Gasteiger partial charge in [0.1, 0.15) is 0 Å². The Balaban J connectivity index is 3.24. The lowest BCUT2D eigenvalue weighted by Crippen LogP contribution is -2.22. The van der Waals surface area contributed by atoms with Gasteiger partial charge in [-0.15, -0.1) is 0 Å². The van der Waals surface area contributed by atoms with E-state index in [0.29, 0.717) is 5.56 Å². The Morgan fingerprint density at radius 1 is 1.47 bits per heavy atom. The lowest BCUT2D eigenvalue weighted by Gasteiger charge is -2.24. The van der Waals surface area contributed by atoms with Gasteiger partial charge in [0.05, 0.1) is 11.3 Å². The molecule has 0 aliphatic carbocycles. The number of hydrogen-bond acceptors (Lipinski definition) is 3. The maximum atomic E-state index is 10.8. The lowest BCUT2D eigenvalue weighted by molar-refractivity contribution is -0.385. The number of carboxylic acid groups (broad SMARTS) is 1. The molecule has 0 aromatic heterocycles. The molecule has 0 spiro atoms. The number of non-ortho nitro benzene ring substituents is 1. The number of nitrogens with zero attached hydrogens (tertiary/aromatic N) is 1. The van der Waals surface area contributed by atoms with Gasteiger partial charge in [-0.3, -0.25) is 14.9 Å². The van der Waals surface area contributed by atoms with Gasteiger partial charge in [-0.1, -0.05) is 19.9 Å². The number of carbonyl (C=O) groups is 1. The van der Waals surface area contributed by atoms with Crippen molar-refractivity contribution in [2.45, 2.75) is 32.6 Å². The SMILES string of the molecule is Cc1ccc([N+](=O)[O-])cc1C(C)(C)CC(=O)O. The van der Waals surface area contributed by atoms with E-state index in [1.807, 2.05) is 6.92 Å². The maximum absolute atomic E-state index is 10.8. The van der Waals surface area contributed by atoms with Crippen LogP contribution in [0.2, 0.25) is 0 Å². The monoisotopic (exact) mass is 237 g/mol. The first kappa shape index (κ1) is 13.2. The average molecular weight is 237 g/mol. The van der Waals surface area contributed by atoms with E-state index in [1.165, 1.54) is 12.1 Å². The highest BCUT2D eigenvalue weighted by Gasteiger charge is 2.27. The van der Waals surface area contributed by atoms with E-state index in [2.05, 4.69) is 0 Å². The smallest absolute Gasteiger partial charge is 0.304 e. The molecule has 0 aliphatic heterocycles. The van der Waals surface area contributed by atoms with Crippen LogP contribution in [0.25, 0.3) is 0 Å². The van der Waals surface area contributed by atoms with Crippen LogP contribution in [0.4, 0.5) is 5.69 Å². The molecule has 0 saturated carbocycles. The fraction of sp³-hybridized carbons (Fsp3) is 0.417. The maximum Gasteiger partial charge on any atom is 0.304 e. The summed E-state index contributed by atoms with van der Waals surface area (Å²) in [5, 5.41) is 19.5. The van der Waals surface area contributed by atoms with Gasteiger partial charge in [0.15, 0.2) is 0 Å². The van der Waals surface area contributed by atoms with Crippen LogP contribution in [0, 0.1) is 17.0 Å². The van der Waals surface area contributed by atoms with Crippen molar-refractivity contribution in [3.63, 3.8) is 0 Å². The standard InChI is InChI=1S/C12H15NO4/c1-8-4-5-9(13(16)17)6-10(8)12(2,3)7-11(14)15/h4-6H,7H2,1-3H3,(H,14,15). The van der Waals surface area contributed by atoms with Crippen molar-refractivity contribution in [1.29, 1.82) is 0 Å². The normalized spacial score (nSPS) is 11.2. The Bertz CT molecular complexity index is 466. The topological polar surface area (TPSA) is 80.4 Å². The fourth-order valence-electron chi connectivity index (χ4n) is 1.93.